The number of hydrogen-bond donors (Lipinski definition) is 0. The van der Waals surface area contributed by atoms with E-state index in [0.717, 1.165) is 41.3 Å². The standard InChI is InChI=1S/C17H19N5O2S/c1-20-7-9-21(10-8-20)15-5-4-14-12-19-22(17(14)11-15)25(23,24)16-3-2-6-18-13-16/h2-6,11-13H,7-10H2,1H3. The van der Waals surface area contributed by atoms with Crippen molar-refractivity contribution in [2.75, 3.05) is 38.1 Å². The van der Waals surface area contributed by atoms with E-state index in [1.54, 1.807) is 18.5 Å². The highest BCUT2D eigenvalue weighted by atomic mass is 32.2. The number of piperazine rings is 1. The van der Waals surface area contributed by atoms with Crippen LogP contribution in [0.25, 0.3) is 10.9 Å². The molecule has 0 N–H and O–H groups in total. The monoisotopic (exact) mass is 357 g/mol. The first-order valence-corrected chi connectivity index (χ1v) is 9.56. The smallest absolute Gasteiger partial charge is 0.285 e. The van der Waals surface area contributed by atoms with Gasteiger partial charge in [-0.2, -0.15) is 17.6 Å². The van der Waals surface area contributed by atoms with E-state index in [4.69, 9.17) is 0 Å². The first-order valence-electron chi connectivity index (χ1n) is 8.12. The van der Waals surface area contributed by atoms with Crippen LogP contribution in [0.1, 0.15) is 0 Å². The average molecular weight is 357 g/mol. The van der Waals surface area contributed by atoms with Gasteiger partial charge in [-0.25, -0.2) is 0 Å². The van der Waals surface area contributed by atoms with Crippen LogP contribution in [0, 0.1) is 0 Å². The summed E-state index contributed by atoms with van der Waals surface area (Å²) in [7, 11) is -1.65. The Kier molecular flexibility index (Phi) is 3.93. The molecule has 0 saturated carbocycles. The summed E-state index contributed by atoms with van der Waals surface area (Å²) in [6, 6.07) is 8.98. The molecule has 1 aliphatic heterocycles. The number of likely N-dealkylation sites (N-methyl/N-ethyl adjacent to an activating group) is 1. The van der Waals surface area contributed by atoms with E-state index in [1.165, 1.54) is 12.3 Å². The Bertz CT molecular complexity index is 992. The molecule has 0 spiro atoms. The quantitative estimate of drug-likeness (QED) is 0.706. The summed E-state index contributed by atoms with van der Waals surface area (Å²) < 4.78 is 26.9. The Labute approximate surface area is 146 Å². The van der Waals surface area contributed by atoms with Gasteiger partial charge < -0.3 is 9.80 Å². The minimum absolute atomic E-state index is 0.130. The van der Waals surface area contributed by atoms with E-state index in [2.05, 4.69) is 26.9 Å². The maximum absolute atomic E-state index is 12.9. The number of hydrogen-bond acceptors (Lipinski definition) is 6. The number of rotatable bonds is 3. The highest BCUT2D eigenvalue weighted by Crippen LogP contribution is 2.25. The van der Waals surface area contributed by atoms with Crippen LogP contribution in [-0.2, 0) is 10.0 Å². The Morgan fingerprint density at radius 3 is 2.56 bits per heavy atom. The zero-order valence-corrected chi connectivity index (χ0v) is 14.7. The highest BCUT2D eigenvalue weighted by Gasteiger charge is 2.22. The van der Waals surface area contributed by atoms with Crippen molar-refractivity contribution < 1.29 is 8.42 Å². The van der Waals surface area contributed by atoms with Crippen LogP contribution < -0.4 is 4.90 Å². The van der Waals surface area contributed by atoms with Gasteiger partial charge in [-0.1, -0.05) is 0 Å². The average Bonchev–Trinajstić information content (AvgIpc) is 3.07. The molecule has 4 rings (SSSR count). The predicted molar refractivity (Wildman–Crippen MR) is 96.3 cm³/mol. The van der Waals surface area contributed by atoms with Gasteiger partial charge in [0.05, 0.1) is 11.7 Å². The van der Waals surface area contributed by atoms with Gasteiger partial charge in [0.2, 0.25) is 0 Å². The van der Waals surface area contributed by atoms with Crippen LogP contribution in [-0.4, -0.2) is 60.7 Å². The fourth-order valence-corrected chi connectivity index (χ4v) is 4.27. The molecule has 8 heteroatoms. The minimum Gasteiger partial charge on any atom is -0.369 e. The third-order valence-electron chi connectivity index (χ3n) is 4.55. The number of benzene rings is 1. The molecule has 1 saturated heterocycles. The normalized spacial score (nSPS) is 16.4. The molecule has 0 bridgehead atoms. The van der Waals surface area contributed by atoms with Gasteiger partial charge in [0, 0.05) is 49.6 Å². The van der Waals surface area contributed by atoms with Crippen LogP contribution in [0.4, 0.5) is 5.69 Å². The fraction of sp³-hybridized carbons (Fsp3) is 0.294. The third kappa shape index (κ3) is 2.87. The number of nitrogens with zero attached hydrogens (tertiary/aromatic N) is 5. The van der Waals surface area contributed by atoms with Gasteiger partial charge in [0.25, 0.3) is 10.0 Å². The fourth-order valence-electron chi connectivity index (χ4n) is 3.04. The van der Waals surface area contributed by atoms with Gasteiger partial charge in [0.1, 0.15) is 4.90 Å². The molecule has 1 fully saturated rings. The number of pyridine rings is 1. The van der Waals surface area contributed by atoms with Crippen LogP contribution in [0.5, 0.6) is 0 Å². The molecule has 1 aromatic carbocycles. The summed E-state index contributed by atoms with van der Waals surface area (Å²) in [5, 5.41) is 4.91. The Hall–Kier alpha value is -2.45. The largest absolute Gasteiger partial charge is 0.369 e. The summed E-state index contributed by atoms with van der Waals surface area (Å²) in [5.74, 6) is 0. The van der Waals surface area contributed by atoms with E-state index in [9.17, 15) is 8.42 Å². The van der Waals surface area contributed by atoms with Crippen molar-refractivity contribution >= 4 is 26.6 Å². The zero-order valence-electron chi connectivity index (χ0n) is 13.9. The second-order valence-corrected chi connectivity index (χ2v) is 7.98. The van der Waals surface area contributed by atoms with Crippen molar-refractivity contribution in [2.45, 2.75) is 4.90 Å². The molecule has 3 aromatic rings. The molecule has 0 atom stereocenters. The highest BCUT2D eigenvalue weighted by molar-refractivity contribution is 7.90. The zero-order chi connectivity index (χ0) is 17.4. The lowest BCUT2D eigenvalue weighted by Gasteiger charge is -2.34. The van der Waals surface area contributed by atoms with Crippen molar-refractivity contribution in [3.8, 4) is 0 Å². The molecule has 130 valence electrons. The van der Waals surface area contributed by atoms with Gasteiger partial charge >= 0.3 is 0 Å². The van der Waals surface area contributed by atoms with E-state index in [0.29, 0.717) is 5.52 Å². The topological polar surface area (TPSA) is 71.3 Å². The van der Waals surface area contributed by atoms with Gasteiger partial charge in [-0.05, 0) is 37.4 Å². The number of anilines is 1. The van der Waals surface area contributed by atoms with Crippen LogP contribution in [0.3, 0.4) is 0 Å². The molecule has 0 amide bonds. The lowest BCUT2D eigenvalue weighted by molar-refractivity contribution is 0.313. The Morgan fingerprint density at radius 2 is 1.84 bits per heavy atom. The molecule has 0 aliphatic carbocycles. The lowest BCUT2D eigenvalue weighted by Crippen LogP contribution is -2.44. The molecule has 1 aliphatic rings. The SMILES string of the molecule is CN1CCN(c2ccc3cnn(S(=O)(=O)c4cccnc4)c3c2)CC1. The van der Waals surface area contributed by atoms with Crippen molar-refractivity contribution in [3.63, 3.8) is 0 Å². The molecule has 3 heterocycles. The summed E-state index contributed by atoms with van der Waals surface area (Å²) in [6.07, 6.45) is 4.47. The van der Waals surface area contributed by atoms with Gasteiger partial charge in [-0.3, -0.25) is 4.98 Å². The lowest BCUT2D eigenvalue weighted by atomic mass is 10.2. The van der Waals surface area contributed by atoms with Crippen molar-refractivity contribution in [1.29, 1.82) is 0 Å². The summed E-state index contributed by atoms with van der Waals surface area (Å²) in [4.78, 5) is 8.59. The maximum Gasteiger partial charge on any atom is 0.285 e. The summed E-state index contributed by atoms with van der Waals surface area (Å²) in [5.41, 5.74) is 1.60. The maximum atomic E-state index is 12.9. The second kappa shape index (κ2) is 6.12. The molecule has 2 aromatic heterocycles. The van der Waals surface area contributed by atoms with Crippen LogP contribution >= 0.6 is 0 Å². The third-order valence-corrected chi connectivity index (χ3v) is 6.13. The Balaban J connectivity index is 1.77. The molecule has 7 nitrogen and oxygen atoms in total. The van der Waals surface area contributed by atoms with E-state index in [-0.39, 0.29) is 4.90 Å². The van der Waals surface area contributed by atoms with Gasteiger partial charge in [0.15, 0.2) is 0 Å². The second-order valence-electron chi connectivity index (χ2n) is 6.21. The first-order chi connectivity index (χ1) is 12.1. The summed E-state index contributed by atoms with van der Waals surface area (Å²) in [6.45, 7) is 3.83. The van der Waals surface area contributed by atoms with E-state index < -0.39 is 10.0 Å². The molecule has 0 unspecified atom stereocenters. The predicted octanol–water partition coefficient (Wildman–Crippen LogP) is 1.42. The molecule has 25 heavy (non-hydrogen) atoms. The Morgan fingerprint density at radius 1 is 1.04 bits per heavy atom. The number of aromatic nitrogens is 3. The van der Waals surface area contributed by atoms with Gasteiger partial charge in [-0.15, -0.1) is 0 Å². The van der Waals surface area contributed by atoms with E-state index in [1.807, 2.05) is 18.2 Å². The molecular formula is C17H19N5O2S. The van der Waals surface area contributed by atoms with Crippen LogP contribution in [0.15, 0.2) is 53.8 Å². The van der Waals surface area contributed by atoms with Crippen molar-refractivity contribution in [1.82, 2.24) is 19.1 Å². The number of fused-ring (bicyclic) bond motifs is 1. The van der Waals surface area contributed by atoms with Crippen LogP contribution in [0.2, 0.25) is 0 Å². The van der Waals surface area contributed by atoms with Crippen molar-refractivity contribution in [2.24, 2.45) is 0 Å². The first kappa shape index (κ1) is 16.0. The van der Waals surface area contributed by atoms with Crippen molar-refractivity contribution in [3.05, 3.63) is 48.9 Å². The van der Waals surface area contributed by atoms with E-state index >= 15 is 0 Å². The molecule has 0 radical (unpaired) electrons. The summed E-state index contributed by atoms with van der Waals surface area (Å²) >= 11 is 0. The molecular weight excluding hydrogens is 338 g/mol. The minimum atomic E-state index is -3.76.